The van der Waals surface area contributed by atoms with E-state index in [9.17, 15) is 9.90 Å². The molecule has 0 spiro atoms. The standard InChI is InChI=1S/C21H17BrN4O3/c1-11-8-15(14-10-13(29-3)5-6-17(14)23-11)20(27)25-24-19-16-9-12(22)4-7-18(16)26(2)21(19)28/h4-10,28H,1-3H3. The fourth-order valence-corrected chi connectivity index (χ4v) is 3.63. The summed E-state index contributed by atoms with van der Waals surface area (Å²) in [6, 6.07) is 12.5. The Hall–Kier alpha value is -3.26. The second-order valence-corrected chi connectivity index (χ2v) is 7.51. The Bertz CT molecular complexity index is 1310. The van der Waals surface area contributed by atoms with E-state index in [1.165, 1.54) is 0 Å². The zero-order chi connectivity index (χ0) is 20.7. The molecule has 4 rings (SSSR count). The van der Waals surface area contributed by atoms with E-state index < -0.39 is 5.91 Å². The number of rotatable bonds is 3. The lowest BCUT2D eigenvalue weighted by Gasteiger charge is -2.06. The van der Waals surface area contributed by atoms with Crippen molar-refractivity contribution in [3.05, 3.63) is 58.2 Å². The number of ether oxygens (including phenoxy) is 1. The first-order valence-electron chi connectivity index (χ1n) is 8.77. The molecule has 0 aliphatic rings. The first-order valence-corrected chi connectivity index (χ1v) is 9.56. The van der Waals surface area contributed by atoms with Gasteiger partial charge < -0.3 is 14.4 Å². The van der Waals surface area contributed by atoms with E-state index >= 15 is 0 Å². The topological polar surface area (TPSA) is 89.1 Å². The van der Waals surface area contributed by atoms with Gasteiger partial charge >= 0.3 is 0 Å². The highest BCUT2D eigenvalue weighted by Crippen LogP contribution is 2.39. The number of benzene rings is 2. The molecule has 0 radical (unpaired) electrons. The number of carbonyl (C=O) groups is 1. The maximum absolute atomic E-state index is 12.9. The van der Waals surface area contributed by atoms with Gasteiger partial charge in [0.2, 0.25) is 5.88 Å². The molecule has 2 aromatic carbocycles. The lowest BCUT2D eigenvalue weighted by atomic mass is 10.1. The highest BCUT2D eigenvalue weighted by atomic mass is 79.9. The highest BCUT2D eigenvalue weighted by Gasteiger charge is 2.17. The van der Waals surface area contributed by atoms with Gasteiger partial charge in [0, 0.05) is 28.0 Å². The van der Waals surface area contributed by atoms with E-state index in [0.717, 1.165) is 9.99 Å². The summed E-state index contributed by atoms with van der Waals surface area (Å²) in [7, 11) is 3.28. The second-order valence-electron chi connectivity index (χ2n) is 6.59. The smallest absolute Gasteiger partial charge is 0.296 e. The van der Waals surface area contributed by atoms with Gasteiger partial charge in [-0.3, -0.25) is 9.78 Å². The Balaban J connectivity index is 1.81. The largest absolute Gasteiger partial charge is 0.497 e. The van der Waals surface area contributed by atoms with Crippen LogP contribution in [0, 0.1) is 6.92 Å². The normalized spacial score (nSPS) is 11.6. The van der Waals surface area contributed by atoms with Crippen LogP contribution in [0.25, 0.3) is 21.8 Å². The maximum atomic E-state index is 12.9. The number of azo groups is 1. The van der Waals surface area contributed by atoms with Crippen LogP contribution in [-0.2, 0) is 7.05 Å². The van der Waals surface area contributed by atoms with Gasteiger partial charge in [0.15, 0.2) is 5.69 Å². The summed E-state index contributed by atoms with van der Waals surface area (Å²) in [4.78, 5) is 17.3. The third kappa shape index (κ3) is 3.36. The average molecular weight is 453 g/mol. The molecule has 2 aromatic heterocycles. The van der Waals surface area contributed by atoms with Crippen molar-refractivity contribution in [3.8, 4) is 11.6 Å². The van der Waals surface area contributed by atoms with Crippen LogP contribution in [-0.4, -0.2) is 27.7 Å². The van der Waals surface area contributed by atoms with E-state index in [-0.39, 0.29) is 11.6 Å². The SMILES string of the molecule is COc1ccc2nc(C)cc(C(=O)N=Nc3c(O)n(C)c4ccc(Br)cc34)c2c1. The fourth-order valence-electron chi connectivity index (χ4n) is 3.27. The molecule has 8 heteroatoms. The third-order valence-electron chi connectivity index (χ3n) is 4.72. The molecule has 0 unspecified atom stereocenters. The number of aromatic hydroxyl groups is 1. The fraction of sp³-hybridized carbons (Fsp3) is 0.143. The minimum Gasteiger partial charge on any atom is -0.497 e. The lowest BCUT2D eigenvalue weighted by molar-refractivity contribution is 0.0996. The van der Waals surface area contributed by atoms with Gasteiger partial charge in [0.1, 0.15) is 5.75 Å². The van der Waals surface area contributed by atoms with Crippen molar-refractivity contribution >= 4 is 49.3 Å². The van der Waals surface area contributed by atoms with E-state index in [4.69, 9.17) is 4.74 Å². The monoisotopic (exact) mass is 452 g/mol. The van der Waals surface area contributed by atoms with Crippen LogP contribution >= 0.6 is 15.9 Å². The van der Waals surface area contributed by atoms with Gasteiger partial charge in [-0.25, -0.2) is 0 Å². The molecule has 29 heavy (non-hydrogen) atoms. The molecule has 146 valence electrons. The van der Waals surface area contributed by atoms with Gasteiger partial charge in [-0.05, 0) is 49.4 Å². The number of carbonyl (C=O) groups excluding carboxylic acids is 1. The summed E-state index contributed by atoms with van der Waals surface area (Å²) in [5.74, 6) is 0.0259. The molecular weight excluding hydrogens is 436 g/mol. The molecule has 0 saturated carbocycles. The third-order valence-corrected chi connectivity index (χ3v) is 5.21. The number of hydrogen-bond acceptors (Lipinski definition) is 5. The summed E-state index contributed by atoms with van der Waals surface area (Å²) >= 11 is 3.42. The van der Waals surface area contributed by atoms with Crippen LogP contribution in [0.4, 0.5) is 5.69 Å². The van der Waals surface area contributed by atoms with Crippen LogP contribution in [0.5, 0.6) is 11.6 Å². The highest BCUT2D eigenvalue weighted by molar-refractivity contribution is 9.10. The molecule has 2 heterocycles. The van der Waals surface area contributed by atoms with Crippen LogP contribution in [0.15, 0.2) is 57.2 Å². The Morgan fingerprint density at radius 2 is 1.97 bits per heavy atom. The van der Waals surface area contributed by atoms with Crippen molar-refractivity contribution in [1.29, 1.82) is 0 Å². The maximum Gasteiger partial charge on any atom is 0.296 e. The van der Waals surface area contributed by atoms with Crippen LogP contribution in [0.3, 0.4) is 0 Å². The number of methoxy groups -OCH3 is 1. The van der Waals surface area contributed by atoms with E-state index in [2.05, 4.69) is 31.1 Å². The quantitative estimate of drug-likeness (QED) is 0.419. The van der Waals surface area contributed by atoms with Crippen LogP contribution in [0.1, 0.15) is 16.1 Å². The summed E-state index contributed by atoms with van der Waals surface area (Å²) in [5.41, 5.74) is 2.75. The number of hydrogen-bond donors (Lipinski definition) is 1. The average Bonchev–Trinajstić information content (AvgIpc) is 2.94. The van der Waals surface area contributed by atoms with Crippen molar-refractivity contribution in [3.63, 3.8) is 0 Å². The van der Waals surface area contributed by atoms with Crippen molar-refractivity contribution in [2.45, 2.75) is 6.92 Å². The van der Waals surface area contributed by atoms with Gasteiger partial charge in [0.25, 0.3) is 5.91 Å². The number of amides is 1. The number of pyridine rings is 1. The summed E-state index contributed by atoms with van der Waals surface area (Å²) < 4.78 is 7.69. The first kappa shape index (κ1) is 19.1. The van der Waals surface area contributed by atoms with Crippen molar-refractivity contribution in [2.24, 2.45) is 17.3 Å². The molecule has 0 atom stereocenters. The van der Waals surface area contributed by atoms with E-state index in [1.54, 1.807) is 43.0 Å². The Morgan fingerprint density at radius 3 is 2.72 bits per heavy atom. The Kier molecular flexibility index (Phi) is 4.79. The van der Waals surface area contributed by atoms with Gasteiger partial charge in [0.05, 0.1) is 23.7 Å². The molecular formula is C21H17BrN4O3. The van der Waals surface area contributed by atoms with Gasteiger partial charge in [-0.2, -0.15) is 0 Å². The predicted molar refractivity (Wildman–Crippen MR) is 114 cm³/mol. The van der Waals surface area contributed by atoms with Crippen molar-refractivity contribution in [1.82, 2.24) is 9.55 Å². The Labute approximate surface area is 174 Å². The molecule has 0 aliphatic carbocycles. The number of aryl methyl sites for hydroxylation is 2. The molecule has 7 nitrogen and oxygen atoms in total. The van der Waals surface area contributed by atoms with Crippen molar-refractivity contribution < 1.29 is 14.6 Å². The number of aromatic nitrogens is 2. The zero-order valence-corrected chi connectivity index (χ0v) is 17.6. The lowest BCUT2D eigenvalue weighted by Crippen LogP contribution is -1.99. The molecule has 0 saturated heterocycles. The molecule has 0 aliphatic heterocycles. The second kappa shape index (κ2) is 7.29. The van der Waals surface area contributed by atoms with Gasteiger partial charge in [-0.15, -0.1) is 10.2 Å². The molecule has 4 aromatic rings. The van der Waals surface area contributed by atoms with Crippen LogP contribution in [0.2, 0.25) is 0 Å². The van der Waals surface area contributed by atoms with E-state index in [0.29, 0.717) is 33.3 Å². The van der Waals surface area contributed by atoms with Gasteiger partial charge in [-0.1, -0.05) is 15.9 Å². The van der Waals surface area contributed by atoms with Crippen molar-refractivity contribution in [2.75, 3.05) is 7.11 Å². The Morgan fingerprint density at radius 1 is 1.17 bits per heavy atom. The molecule has 1 N–H and O–H groups in total. The number of nitrogens with zero attached hydrogens (tertiary/aromatic N) is 4. The van der Waals surface area contributed by atoms with Crippen LogP contribution < -0.4 is 4.74 Å². The summed E-state index contributed by atoms with van der Waals surface area (Å²) in [6.45, 7) is 1.81. The number of halogens is 1. The molecule has 0 fully saturated rings. The predicted octanol–water partition coefficient (Wildman–Crippen LogP) is 5.44. The van der Waals surface area contributed by atoms with E-state index in [1.807, 2.05) is 25.1 Å². The first-order chi connectivity index (χ1) is 13.9. The molecule has 0 bridgehead atoms. The molecule has 1 amide bonds. The minimum absolute atomic E-state index is 0.0629. The minimum atomic E-state index is -0.528. The number of fused-ring (bicyclic) bond motifs is 2. The zero-order valence-electron chi connectivity index (χ0n) is 16.0. The summed E-state index contributed by atoms with van der Waals surface area (Å²) in [5, 5.41) is 19.7. The summed E-state index contributed by atoms with van der Waals surface area (Å²) in [6.07, 6.45) is 0.